The Morgan fingerprint density at radius 2 is 1.85 bits per heavy atom. The zero-order valence-corrected chi connectivity index (χ0v) is 16.1. The molecular formula is C19H16ClN3OS2. The molecule has 26 heavy (non-hydrogen) atoms. The first-order valence-corrected chi connectivity index (χ1v) is 9.63. The highest BCUT2D eigenvalue weighted by Gasteiger charge is 2.13. The molecular weight excluding hydrogens is 386 g/mol. The molecule has 0 bridgehead atoms. The first-order valence-electron chi connectivity index (χ1n) is 7.97. The average molecular weight is 402 g/mol. The summed E-state index contributed by atoms with van der Waals surface area (Å²) in [5.74, 6) is -0.321. The predicted molar refractivity (Wildman–Crippen MR) is 111 cm³/mol. The molecule has 0 saturated carbocycles. The van der Waals surface area contributed by atoms with E-state index in [-0.39, 0.29) is 11.0 Å². The molecule has 2 aromatic carbocycles. The highest BCUT2D eigenvalue weighted by Crippen LogP contribution is 2.23. The van der Waals surface area contributed by atoms with Crippen LogP contribution in [0.4, 0.5) is 0 Å². The summed E-state index contributed by atoms with van der Waals surface area (Å²) in [4.78, 5) is 16.6. The lowest BCUT2D eigenvalue weighted by Gasteiger charge is -2.09. The smallest absolute Gasteiger partial charge is 0.276 e. The van der Waals surface area contributed by atoms with Gasteiger partial charge in [0.05, 0.1) is 0 Å². The number of hydrogen-bond acceptors (Lipinski definition) is 4. The van der Waals surface area contributed by atoms with Gasteiger partial charge in [0.1, 0.15) is 10.7 Å². The molecule has 0 spiro atoms. The van der Waals surface area contributed by atoms with Crippen LogP contribution >= 0.6 is 35.2 Å². The van der Waals surface area contributed by atoms with Crippen LogP contribution in [0.2, 0.25) is 5.02 Å². The largest absolute Gasteiger partial charge is 0.362 e. The Labute approximate surface area is 166 Å². The van der Waals surface area contributed by atoms with Crippen molar-refractivity contribution in [3.05, 3.63) is 76.3 Å². The number of thiazole rings is 1. The number of aromatic nitrogens is 1. The van der Waals surface area contributed by atoms with Crippen LogP contribution in [0, 0.1) is 0 Å². The fraction of sp³-hybridized carbons (Fsp3) is 0.105. The van der Waals surface area contributed by atoms with Crippen molar-refractivity contribution in [1.29, 1.82) is 0 Å². The molecule has 0 aliphatic rings. The number of nitrogens with zero attached hydrogens (tertiary/aromatic N) is 1. The third-order valence-electron chi connectivity index (χ3n) is 3.62. The Morgan fingerprint density at radius 3 is 2.62 bits per heavy atom. The first kappa shape index (κ1) is 18.5. The maximum atomic E-state index is 12.3. The maximum absolute atomic E-state index is 12.3. The second kappa shape index (κ2) is 8.89. The predicted octanol–water partition coefficient (Wildman–Crippen LogP) is 4.31. The number of rotatable bonds is 5. The highest BCUT2D eigenvalue weighted by molar-refractivity contribution is 7.80. The normalized spacial score (nSPS) is 10.3. The van der Waals surface area contributed by atoms with Crippen LogP contribution < -0.4 is 10.6 Å². The van der Waals surface area contributed by atoms with Gasteiger partial charge in [0.15, 0.2) is 5.11 Å². The molecule has 0 aliphatic heterocycles. The van der Waals surface area contributed by atoms with Gasteiger partial charge in [-0.1, -0.05) is 60.1 Å². The van der Waals surface area contributed by atoms with Gasteiger partial charge in [-0.15, -0.1) is 11.3 Å². The molecule has 3 rings (SSSR count). The molecule has 0 radical (unpaired) electrons. The SMILES string of the molecule is O=C(NC(=S)NCCc1ccccc1Cl)c1csc(-c2ccccc2)n1. The van der Waals surface area contributed by atoms with Gasteiger partial charge >= 0.3 is 0 Å². The minimum Gasteiger partial charge on any atom is -0.362 e. The van der Waals surface area contributed by atoms with E-state index in [0.717, 1.165) is 21.2 Å². The fourth-order valence-electron chi connectivity index (χ4n) is 2.31. The quantitative estimate of drug-likeness (QED) is 0.625. The highest BCUT2D eigenvalue weighted by atomic mass is 35.5. The molecule has 1 aromatic heterocycles. The van der Waals surface area contributed by atoms with E-state index in [2.05, 4.69) is 15.6 Å². The minimum atomic E-state index is -0.321. The Bertz CT molecular complexity index is 912. The number of benzene rings is 2. The molecule has 0 unspecified atom stereocenters. The second-order valence-electron chi connectivity index (χ2n) is 5.46. The monoisotopic (exact) mass is 401 g/mol. The molecule has 3 aromatic rings. The molecule has 1 amide bonds. The van der Waals surface area contributed by atoms with E-state index in [9.17, 15) is 4.79 Å². The average Bonchev–Trinajstić information content (AvgIpc) is 3.14. The third-order valence-corrected chi connectivity index (χ3v) is 5.13. The minimum absolute atomic E-state index is 0.274. The lowest BCUT2D eigenvalue weighted by molar-refractivity contribution is 0.0972. The lowest BCUT2D eigenvalue weighted by atomic mass is 10.1. The summed E-state index contributed by atoms with van der Waals surface area (Å²) >= 11 is 12.7. The molecule has 0 atom stereocenters. The summed E-state index contributed by atoms with van der Waals surface area (Å²) in [5.41, 5.74) is 2.36. The zero-order valence-electron chi connectivity index (χ0n) is 13.7. The van der Waals surface area contributed by atoms with Gasteiger partial charge in [-0.3, -0.25) is 10.1 Å². The zero-order chi connectivity index (χ0) is 18.4. The molecule has 0 fully saturated rings. The van der Waals surface area contributed by atoms with Gasteiger partial charge < -0.3 is 5.32 Å². The van der Waals surface area contributed by atoms with Crippen LogP contribution in [0.1, 0.15) is 16.1 Å². The van der Waals surface area contributed by atoms with Gasteiger partial charge in [0.25, 0.3) is 5.91 Å². The van der Waals surface area contributed by atoms with Crippen molar-refractivity contribution in [2.45, 2.75) is 6.42 Å². The second-order valence-corrected chi connectivity index (χ2v) is 7.13. The summed E-state index contributed by atoms with van der Waals surface area (Å²) in [6.45, 7) is 0.579. The van der Waals surface area contributed by atoms with Crippen molar-refractivity contribution in [3.63, 3.8) is 0 Å². The van der Waals surface area contributed by atoms with E-state index in [1.165, 1.54) is 11.3 Å². The Balaban J connectivity index is 1.51. The van der Waals surface area contributed by atoms with Crippen LogP contribution in [-0.4, -0.2) is 22.5 Å². The third kappa shape index (κ3) is 4.88. The van der Waals surface area contributed by atoms with Crippen LogP contribution in [0.5, 0.6) is 0 Å². The maximum Gasteiger partial charge on any atom is 0.276 e. The summed E-state index contributed by atoms with van der Waals surface area (Å²) in [6, 6.07) is 17.4. The van der Waals surface area contributed by atoms with E-state index in [1.807, 2.05) is 54.6 Å². The summed E-state index contributed by atoms with van der Waals surface area (Å²) in [5, 5.41) is 9.19. The summed E-state index contributed by atoms with van der Waals surface area (Å²) < 4.78 is 0. The van der Waals surface area contributed by atoms with Gasteiger partial charge in [-0.05, 0) is 30.3 Å². The first-order chi connectivity index (χ1) is 12.6. The van der Waals surface area contributed by atoms with E-state index < -0.39 is 0 Å². The summed E-state index contributed by atoms with van der Waals surface area (Å²) in [7, 11) is 0. The topological polar surface area (TPSA) is 54.0 Å². The number of carbonyl (C=O) groups is 1. The van der Waals surface area contributed by atoms with Crippen LogP contribution in [0.15, 0.2) is 60.0 Å². The molecule has 1 heterocycles. The van der Waals surface area contributed by atoms with Crippen LogP contribution in [0.3, 0.4) is 0 Å². The van der Waals surface area contributed by atoms with Crippen molar-refractivity contribution in [1.82, 2.24) is 15.6 Å². The molecule has 0 saturated heterocycles. The van der Waals surface area contributed by atoms with Crippen molar-refractivity contribution >= 4 is 46.2 Å². The van der Waals surface area contributed by atoms with E-state index in [1.54, 1.807) is 5.38 Å². The number of carbonyl (C=O) groups excluding carboxylic acids is 1. The van der Waals surface area contributed by atoms with Gasteiger partial charge in [-0.2, -0.15) is 0 Å². The van der Waals surface area contributed by atoms with Gasteiger partial charge in [-0.25, -0.2) is 4.98 Å². The molecule has 2 N–H and O–H groups in total. The number of amides is 1. The standard InChI is InChI=1S/C19H16ClN3OS2/c20-15-9-5-4-6-13(15)10-11-21-19(25)23-17(24)16-12-26-18(22-16)14-7-2-1-3-8-14/h1-9,12H,10-11H2,(H2,21,23,24,25). The van der Waals surface area contributed by atoms with Crippen molar-refractivity contribution in [3.8, 4) is 10.6 Å². The lowest BCUT2D eigenvalue weighted by Crippen LogP contribution is -2.40. The Kier molecular flexibility index (Phi) is 6.33. The van der Waals surface area contributed by atoms with Gasteiger partial charge in [0.2, 0.25) is 0 Å². The number of hydrogen-bond donors (Lipinski definition) is 2. The van der Waals surface area contributed by atoms with Crippen molar-refractivity contribution < 1.29 is 4.79 Å². The van der Waals surface area contributed by atoms with E-state index >= 15 is 0 Å². The van der Waals surface area contributed by atoms with Gasteiger partial charge in [0, 0.05) is 22.5 Å². The van der Waals surface area contributed by atoms with E-state index in [4.69, 9.17) is 23.8 Å². The Hall–Kier alpha value is -2.28. The molecule has 132 valence electrons. The number of nitrogens with one attached hydrogen (secondary N) is 2. The molecule has 0 aliphatic carbocycles. The Morgan fingerprint density at radius 1 is 1.12 bits per heavy atom. The number of thiocarbonyl (C=S) groups is 1. The van der Waals surface area contributed by atoms with E-state index in [0.29, 0.717) is 18.7 Å². The number of halogens is 1. The fourth-order valence-corrected chi connectivity index (χ4v) is 3.55. The van der Waals surface area contributed by atoms with Crippen LogP contribution in [0.25, 0.3) is 10.6 Å². The van der Waals surface area contributed by atoms with Crippen LogP contribution in [-0.2, 0) is 6.42 Å². The molecule has 4 nitrogen and oxygen atoms in total. The van der Waals surface area contributed by atoms with Crippen molar-refractivity contribution in [2.24, 2.45) is 0 Å². The van der Waals surface area contributed by atoms with Crippen molar-refractivity contribution in [2.75, 3.05) is 6.54 Å². The molecule has 7 heteroatoms. The summed E-state index contributed by atoms with van der Waals surface area (Å²) in [6.07, 6.45) is 0.713.